The average Bonchev–Trinajstić information content (AvgIpc) is 3.12. The fraction of sp³-hybridized carbons (Fsp3) is 0.286. The topological polar surface area (TPSA) is 59.2 Å². The van der Waals surface area contributed by atoms with E-state index in [2.05, 4.69) is 41.3 Å². The van der Waals surface area contributed by atoms with Crippen LogP contribution in [0.1, 0.15) is 22.6 Å². The van der Waals surface area contributed by atoms with Gasteiger partial charge in [0.25, 0.3) is 0 Å². The maximum absolute atomic E-state index is 12.3. The van der Waals surface area contributed by atoms with Crippen LogP contribution in [0.4, 0.5) is 0 Å². The lowest BCUT2D eigenvalue weighted by molar-refractivity contribution is -0.127. The van der Waals surface area contributed by atoms with Crippen LogP contribution in [-0.4, -0.2) is 33.7 Å². The standard InChI is InChI=1S/C21H23N3O2S/c1-15-4-8-17(9-5-15)13-27-14-20(25)24(3)12-19-22-21(23-26-19)18-10-6-16(2)7-11-18/h4-11H,12-14H2,1-3H3. The first-order chi connectivity index (χ1) is 13.0. The lowest BCUT2D eigenvalue weighted by Crippen LogP contribution is -2.28. The second-order valence-electron chi connectivity index (χ2n) is 6.61. The van der Waals surface area contributed by atoms with Crippen molar-refractivity contribution in [1.29, 1.82) is 0 Å². The fourth-order valence-electron chi connectivity index (χ4n) is 2.48. The molecule has 0 fully saturated rings. The van der Waals surface area contributed by atoms with Gasteiger partial charge in [0.2, 0.25) is 17.6 Å². The highest BCUT2D eigenvalue weighted by molar-refractivity contribution is 7.99. The number of carbonyl (C=O) groups is 1. The van der Waals surface area contributed by atoms with Crippen molar-refractivity contribution in [1.82, 2.24) is 15.0 Å². The first-order valence-electron chi connectivity index (χ1n) is 8.78. The molecule has 0 atom stereocenters. The van der Waals surface area contributed by atoms with Gasteiger partial charge in [-0.1, -0.05) is 64.8 Å². The molecule has 1 amide bonds. The van der Waals surface area contributed by atoms with E-state index in [-0.39, 0.29) is 5.91 Å². The highest BCUT2D eigenvalue weighted by Crippen LogP contribution is 2.17. The van der Waals surface area contributed by atoms with Crippen LogP contribution in [0, 0.1) is 13.8 Å². The lowest BCUT2D eigenvalue weighted by atomic mass is 10.1. The molecule has 0 N–H and O–H groups in total. The van der Waals surface area contributed by atoms with Gasteiger partial charge in [-0.2, -0.15) is 4.98 Å². The molecule has 2 aromatic carbocycles. The minimum atomic E-state index is 0.0437. The molecule has 0 spiro atoms. The van der Waals surface area contributed by atoms with E-state index in [9.17, 15) is 4.79 Å². The summed E-state index contributed by atoms with van der Waals surface area (Å²) in [5, 5.41) is 4.01. The van der Waals surface area contributed by atoms with E-state index in [4.69, 9.17) is 4.52 Å². The van der Waals surface area contributed by atoms with E-state index < -0.39 is 0 Å². The number of aromatic nitrogens is 2. The highest BCUT2D eigenvalue weighted by Gasteiger charge is 2.14. The Kier molecular flexibility index (Phi) is 6.29. The molecule has 6 heteroatoms. The molecule has 3 rings (SSSR count). The molecule has 0 saturated carbocycles. The number of thioether (sulfide) groups is 1. The van der Waals surface area contributed by atoms with Crippen LogP contribution < -0.4 is 0 Å². The molecule has 0 radical (unpaired) electrons. The molecular weight excluding hydrogens is 358 g/mol. The highest BCUT2D eigenvalue weighted by atomic mass is 32.2. The summed E-state index contributed by atoms with van der Waals surface area (Å²) >= 11 is 1.60. The smallest absolute Gasteiger partial charge is 0.246 e. The average molecular weight is 382 g/mol. The summed E-state index contributed by atoms with van der Waals surface area (Å²) in [5.41, 5.74) is 4.54. The van der Waals surface area contributed by atoms with Gasteiger partial charge in [0.1, 0.15) is 0 Å². The zero-order valence-electron chi connectivity index (χ0n) is 15.8. The number of rotatable bonds is 7. The summed E-state index contributed by atoms with van der Waals surface area (Å²) in [7, 11) is 1.75. The minimum Gasteiger partial charge on any atom is -0.337 e. The van der Waals surface area contributed by atoms with Gasteiger partial charge in [0.15, 0.2) is 0 Å². The van der Waals surface area contributed by atoms with Crippen molar-refractivity contribution in [2.24, 2.45) is 0 Å². The molecule has 140 valence electrons. The molecule has 0 unspecified atom stereocenters. The lowest BCUT2D eigenvalue weighted by Gasteiger charge is -2.14. The number of benzene rings is 2. The van der Waals surface area contributed by atoms with Crippen molar-refractivity contribution in [2.45, 2.75) is 26.1 Å². The quantitative estimate of drug-likeness (QED) is 0.612. The third-order valence-corrected chi connectivity index (χ3v) is 5.18. The number of hydrogen-bond acceptors (Lipinski definition) is 5. The predicted molar refractivity (Wildman–Crippen MR) is 108 cm³/mol. The molecule has 3 aromatic rings. The van der Waals surface area contributed by atoms with Crippen molar-refractivity contribution in [3.8, 4) is 11.4 Å². The molecular formula is C21H23N3O2S. The zero-order chi connectivity index (χ0) is 19.2. The van der Waals surface area contributed by atoms with E-state index in [1.54, 1.807) is 23.7 Å². The van der Waals surface area contributed by atoms with E-state index in [0.717, 1.165) is 11.3 Å². The molecule has 0 saturated heterocycles. The Morgan fingerprint density at radius 1 is 1.04 bits per heavy atom. The van der Waals surface area contributed by atoms with Gasteiger partial charge in [0, 0.05) is 18.4 Å². The molecule has 1 aromatic heterocycles. The second-order valence-corrected chi connectivity index (χ2v) is 7.59. The van der Waals surface area contributed by atoms with Crippen LogP contribution >= 0.6 is 11.8 Å². The number of hydrogen-bond donors (Lipinski definition) is 0. The molecule has 5 nitrogen and oxygen atoms in total. The summed E-state index contributed by atoms with van der Waals surface area (Å²) in [6.45, 7) is 4.41. The first-order valence-corrected chi connectivity index (χ1v) is 9.93. The van der Waals surface area contributed by atoms with Crippen LogP contribution in [0.15, 0.2) is 53.1 Å². The van der Waals surface area contributed by atoms with Crippen molar-refractivity contribution >= 4 is 17.7 Å². The molecule has 1 heterocycles. The summed E-state index contributed by atoms with van der Waals surface area (Å²) in [6.07, 6.45) is 0. The van der Waals surface area contributed by atoms with Crippen molar-refractivity contribution in [2.75, 3.05) is 12.8 Å². The second kappa shape index (κ2) is 8.86. The molecule has 0 aliphatic rings. The first kappa shape index (κ1) is 19.2. The molecule has 0 aliphatic carbocycles. The molecule has 0 bridgehead atoms. The Labute approximate surface area is 163 Å². The van der Waals surface area contributed by atoms with Crippen LogP contribution in [0.3, 0.4) is 0 Å². The van der Waals surface area contributed by atoms with Gasteiger partial charge in [-0.15, -0.1) is 11.8 Å². The van der Waals surface area contributed by atoms with Gasteiger partial charge < -0.3 is 9.42 Å². The van der Waals surface area contributed by atoms with Crippen molar-refractivity contribution in [3.05, 3.63) is 71.1 Å². The maximum atomic E-state index is 12.3. The Bertz CT molecular complexity index is 889. The summed E-state index contributed by atoms with van der Waals surface area (Å²) < 4.78 is 5.29. The Morgan fingerprint density at radius 3 is 2.33 bits per heavy atom. The number of carbonyl (C=O) groups excluding carboxylic acids is 1. The summed E-state index contributed by atoms with van der Waals surface area (Å²) in [4.78, 5) is 18.3. The number of aryl methyl sites for hydroxylation is 2. The van der Waals surface area contributed by atoms with E-state index in [1.165, 1.54) is 16.7 Å². The van der Waals surface area contributed by atoms with E-state index in [1.807, 2.05) is 31.2 Å². The third kappa shape index (κ3) is 5.44. The van der Waals surface area contributed by atoms with Gasteiger partial charge in [0.05, 0.1) is 12.3 Å². The number of amides is 1. The van der Waals surface area contributed by atoms with Gasteiger partial charge in [-0.3, -0.25) is 4.79 Å². The SMILES string of the molecule is Cc1ccc(CSCC(=O)N(C)Cc2nc(-c3ccc(C)cc3)no2)cc1. The van der Waals surface area contributed by atoms with Gasteiger partial charge >= 0.3 is 0 Å². The maximum Gasteiger partial charge on any atom is 0.246 e. The van der Waals surface area contributed by atoms with E-state index >= 15 is 0 Å². The largest absolute Gasteiger partial charge is 0.337 e. The van der Waals surface area contributed by atoms with Crippen LogP contribution in [-0.2, 0) is 17.1 Å². The summed E-state index contributed by atoms with van der Waals surface area (Å²) in [6, 6.07) is 16.3. The predicted octanol–water partition coefficient (Wildman–Crippen LogP) is 4.25. The minimum absolute atomic E-state index is 0.0437. The monoisotopic (exact) mass is 381 g/mol. The van der Waals surface area contributed by atoms with Gasteiger partial charge in [-0.05, 0) is 19.4 Å². The molecule has 27 heavy (non-hydrogen) atoms. The Hall–Kier alpha value is -2.60. The van der Waals surface area contributed by atoms with Gasteiger partial charge in [-0.25, -0.2) is 0 Å². The van der Waals surface area contributed by atoms with E-state index in [0.29, 0.717) is 24.0 Å². The summed E-state index contributed by atoms with van der Waals surface area (Å²) in [5.74, 6) is 2.26. The Morgan fingerprint density at radius 2 is 1.67 bits per heavy atom. The number of nitrogens with zero attached hydrogens (tertiary/aromatic N) is 3. The van der Waals surface area contributed by atoms with Crippen LogP contribution in [0.2, 0.25) is 0 Å². The normalized spacial score (nSPS) is 10.8. The zero-order valence-corrected chi connectivity index (χ0v) is 16.6. The van der Waals surface area contributed by atoms with Crippen LogP contribution in [0.25, 0.3) is 11.4 Å². The van der Waals surface area contributed by atoms with Crippen molar-refractivity contribution < 1.29 is 9.32 Å². The molecule has 0 aliphatic heterocycles. The van der Waals surface area contributed by atoms with Crippen LogP contribution in [0.5, 0.6) is 0 Å². The Balaban J connectivity index is 1.49. The van der Waals surface area contributed by atoms with Crippen molar-refractivity contribution in [3.63, 3.8) is 0 Å². The fourth-order valence-corrected chi connectivity index (χ4v) is 3.41. The third-order valence-electron chi connectivity index (χ3n) is 4.19.